The molecule has 0 bridgehead atoms. The van der Waals surface area contributed by atoms with Crippen molar-refractivity contribution in [1.29, 1.82) is 0 Å². The number of aliphatic carboxylic acids is 1. The Balaban J connectivity index is 0. The molecule has 2 nitrogen and oxygen atoms in total. The summed E-state index contributed by atoms with van der Waals surface area (Å²) in [6.07, 6.45) is 2.35. The molecule has 2 heteroatoms. The van der Waals surface area contributed by atoms with Gasteiger partial charge in [-0.15, -0.1) is 6.58 Å². The molecule has 0 radical (unpaired) electrons. The molecule has 0 saturated carbocycles. The molecule has 10 heavy (non-hydrogen) atoms. The van der Waals surface area contributed by atoms with Crippen LogP contribution in [-0.4, -0.2) is 11.1 Å². The van der Waals surface area contributed by atoms with Crippen LogP contribution in [0.15, 0.2) is 12.7 Å². The molecule has 0 aromatic carbocycles. The van der Waals surface area contributed by atoms with Gasteiger partial charge in [-0.1, -0.05) is 18.9 Å². The zero-order valence-corrected chi connectivity index (χ0v) is 6.35. The Morgan fingerprint density at radius 2 is 2.20 bits per heavy atom. The third-order valence-corrected chi connectivity index (χ3v) is 0.372. The molecule has 1 N–H and O–H groups in total. The van der Waals surface area contributed by atoms with Crippen molar-refractivity contribution in [3.63, 3.8) is 0 Å². The van der Waals surface area contributed by atoms with Gasteiger partial charge in [0.1, 0.15) is 0 Å². The summed E-state index contributed by atoms with van der Waals surface area (Å²) in [5, 5.41) is 7.87. The van der Waals surface area contributed by atoms with Crippen LogP contribution in [-0.2, 0) is 4.79 Å². The molecule has 0 saturated heterocycles. The minimum Gasteiger partial charge on any atom is -0.472 e. The lowest BCUT2D eigenvalue weighted by Gasteiger charge is -1.67. The first-order valence-corrected chi connectivity index (χ1v) is 2.97. The molecule has 0 aromatic heterocycles. The molecular weight excluding hydrogens is 128 g/mol. The highest BCUT2D eigenvalue weighted by Gasteiger charge is 1.77. The molecule has 56 valence electrons. The first-order valence-electron chi connectivity index (χ1n) is 2.97. The zero-order chi connectivity index (χ0) is 8.41. The van der Waals surface area contributed by atoms with E-state index in [1.165, 1.54) is 0 Å². The molecule has 0 aromatic rings. The summed E-state index contributed by atoms with van der Waals surface area (Å²) >= 11 is 0. The fourth-order valence-corrected chi connectivity index (χ4v) is 0.164. The van der Waals surface area contributed by atoms with Gasteiger partial charge in [0.15, 0.2) is 0 Å². The third kappa shape index (κ3) is 29.4. The van der Waals surface area contributed by atoms with Gasteiger partial charge in [-0.05, 0) is 6.92 Å². The van der Waals surface area contributed by atoms with Crippen LogP contribution in [0, 0.1) is 11.8 Å². The molecular formula is C8H12O2. The van der Waals surface area contributed by atoms with Crippen molar-refractivity contribution in [2.45, 2.75) is 20.3 Å². The Morgan fingerprint density at radius 3 is 2.30 bits per heavy atom. The first kappa shape index (κ1) is 11.6. The number of allylic oxidation sites excluding steroid dienone is 1. The van der Waals surface area contributed by atoms with E-state index in [1.807, 2.05) is 12.8 Å². The van der Waals surface area contributed by atoms with Gasteiger partial charge in [-0.2, -0.15) is 0 Å². The van der Waals surface area contributed by atoms with Gasteiger partial charge in [-0.3, -0.25) is 0 Å². The predicted octanol–water partition coefficient (Wildman–Crippen LogP) is 1.68. The van der Waals surface area contributed by atoms with Gasteiger partial charge in [0.05, 0.1) is 0 Å². The second kappa shape index (κ2) is 10.7. The van der Waals surface area contributed by atoms with E-state index in [0.29, 0.717) is 6.42 Å². The molecule has 0 spiro atoms. The second-order valence-electron chi connectivity index (χ2n) is 1.37. The standard InChI is InChI=1S/C5H6O2.C3H6/c1-2-3-4-5(6)7;1-3-2/h2H2,1H3,(H,6,7);3H,1H2,2H3. The van der Waals surface area contributed by atoms with Gasteiger partial charge >= 0.3 is 5.97 Å². The van der Waals surface area contributed by atoms with E-state index in [4.69, 9.17) is 5.11 Å². The van der Waals surface area contributed by atoms with Gasteiger partial charge in [0, 0.05) is 12.3 Å². The van der Waals surface area contributed by atoms with Crippen molar-refractivity contribution in [3.8, 4) is 11.8 Å². The summed E-state index contributed by atoms with van der Waals surface area (Å²) in [5.41, 5.74) is 0. The van der Waals surface area contributed by atoms with E-state index in [-0.39, 0.29) is 0 Å². The summed E-state index contributed by atoms with van der Waals surface area (Å²) < 4.78 is 0. The molecule has 0 atom stereocenters. The van der Waals surface area contributed by atoms with Crippen LogP contribution in [0.1, 0.15) is 20.3 Å². The number of carboxylic acids is 1. The van der Waals surface area contributed by atoms with Crippen LogP contribution >= 0.6 is 0 Å². The van der Waals surface area contributed by atoms with Crippen molar-refractivity contribution in [2.24, 2.45) is 0 Å². The van der Waals surface area contributed by atoms with Crippen molar-refractivity contribution in [2.75, 3.05) is 0 Å². The second-order valence-corrected chi connectivity index (χ2v) is 1.37. The lowest BCUT2D eigenvalue weighted by molar-refractivity contribution is -0.130. The summed E-state index contributed by atoms with van der Waals surface area (Å²) in [4.78, 5) is 9.58. The van der Waals surface area contributed by atoms with Crippen LogP contribution in [0.5, 0.6) is 0 Å². The fourth-order valence-electron chi connectivity index (χ4n) is 0.164. The van der Waals surface area contributed by atoms with Crippen LogP contribution in [0.25, 0.3) is 0 Å². The van der Waals surface area contributed by atoms with Gasteiger partial charge in [-0.25, -0.2) is 4.79 Å². The monoisotopic (exact) mass is 140 g/mol. The smallest absolute Gasteiger partial charge is 0.381 e. The number of carboxylic acid groups (broad SMARTS) is 1. The predicted molar refractivity (Wildman–Crippen MR) is 41.6 cm³/mol. The maximum absolute atomic E-state index is 9.58. The van der Waals surface area contributed by atoms with Crippen LogP contribution in [0.2, 0.25) is 0 Å². The van der Waals surface area contributed by atoms with E-state index in [0.717, 1.165) is 0 Å². The van der Waals surface area contributed by atoms with Crippen molar-refractivity contribution < 1.29 is 9.90 Å². The summed E-state index contributed by atoms with van der Waals surface area (Å²) in [6, 6.07) is 0. The average Bonchev–Trinajstić information content (AvgIpc) is 1.85. The zero-order valence-electron chi connectivity index (χ0n) is 6.35. The molecule has 0 unspecified atom stereocenters. The van der Waals surface area contributed by atoms with Crippen molar-refractivity contribution >= 4 is 5.97 Å². The fraction of sp³-hybridized carbons (Fsp3) is 0.375. The highest BCUT2D eigenvalue weighted by Crippen LogP contribution is 1.65. The van der Waals surface area contributed by atoms with Crippen molar-refractivity contribution in [1.82, 2.24) is 0 Å². The number of hydrogen-bond donors (Lipinski definition) is 1. The van der Waals surface area contributed by atoms with Crippen LogP contribution in [0.3, 0.4) is 0 Å². The van der Waals surface area contributed by atoms with E-state index >= 15 is 0 Å². The van der Waals surface area contributed by atoms with Crippen LogP contribution < -0.4 is 0 Å². The molecule has 0 fully saturated rings. The molecule has 0 aliphatic carbocycles. The summed E-state index contributed by atoms with van der Waals surface area (Å²) in [6.45, 7) is 7.05. The molecule has 0 amide bonds. The largest absolute Gasteiger partial charge is 0.472 e. The Bertz CT molecular complexity index is 148. The molecule has 0 aliphatic heterocycles. The van der Waals surface area contributed by atoms with Gasteiger partial charge in [0.2, 0.25) is 0 Å². The maximum atomic E-state index is 9.58. The molecule has 0 aliphatic rings. The quantitative estimate of drug-likeness (QED) is 0.410. The minimum atomic E-state index is -1.05. The summed E-state index contributed by atoms with van der Waals surface area (Å²) in [7, 11) is 0. The SMILES string of the molecule is C=CC.CCC#CC(=O)O. The summed E-state index contributed by atoms with van der Waals surface area (Å²) in [5.74, 6) is 3.31. The topological polar surface area (TPSA) is 37.3 Å². The van der Waals surface area contributed by atoms with Gasteiger partial charge in [0.25, 0.3) is 0 Å². The lowest BCUT2D eigenvalue weighted by Crippen LogP contribution is -1.85. The Hall–Kier alpha value is -1.23. The average molecular weight is 140 g/mol. The van der Waals surface area contributed by atoms with Crippen LogP contribution in [0.4, 0.5) is 0 Å². The van der Waals surface area contributed by atoms with E-state index < -0.39 is 5.97 Å². The van der Waals surface area contributed by atoms with E-state index in [2.05, 4.69) is 12.5 Å². The number of carbonyl (C=O) groups is 1. The first-order chi connectivity index (χ1) is 4.68. The van der Waals surface area contributed by atoms with E-state index in [9.17, 15) is 4.79 Å². The third-order valence-electron chi connectivity index (χ3n) is 0.372. The Kier molecular flexibility index (Phi) is 12.4. The minimum absolute atomic E-state index is 0.603. The number of rotatable bonds is 0. The van der Waals surface area contributed by atoms with Gasteiger partial charge < -0.3 is 5.11 Å². The Morgan fingerprint density at radius 1 is 1.80 bits per heavy atom. The normalized spacial score (nSPS) is 5.80. The molecule has 0 heterocycles. The lowest BCUT2D eigenvalue weighted by atomic mass is 10.5. The van der Waals surface area contributed by atoms with Crippen molar-refractivity contribution in [3.05, 3.63) is 12.7 Å². The molecule has 0 rings (SSSR count). The maximum Gasteiger partial charge on any atom is 0.381 e. The van der Waals surface area contributed by atoms with E-state index in [1.54, 1.807) is 13.0 Å². The highest BCUT2D eigenvalue weighted by atomic mass is 16.4. The number of hydrogen-bond acceptors (Lipinski definition) is 1. The highest BCUT2D eigenvalue weighted by molar-refractivity contribution is 5.86. The Labute approximate surface area is 61.6 Å².